The van der Waals surface area contributed by atoms with Gasteiger partial charge in [0, 0.05) is 0 Å². The monoisotopic (exact) mass is 201 g/mol. The third-order valence-corrected chi connectivity index (χ3v) is 2.32. The molecule has 0 unspecified atom stereocenters. The van der Waals surface area contributed by atoms with E-state index < -0.39 is 0 Å². The molecular formula is C13H12FN. The normalized spacial score (nSPS) is 10.2. The van der Waals surface area contributed by atoms with Crippen molar-refractivity contribution in [3.63, 3.8) is 0 Å². The first-order valence-corrected chi connectivity index (χ1v) is 4.83. The fraction of sp³-hybridized carbons (Fsp3) is 0.0769. The topological polar surface area (TPSA) is 26.0 Å². The lowest BCUT2D eigenvalue weighted by molar-refractivity contribution is 0.630. The first-order chi connectivity index (χ1) is 7.25. The van der Waals surface area contributed by atoms with Gasteiger partial charge in [0.1, 0.15) is 5.82 Å². The Morgan fingerprint density at radius 3 is 2.33 bits per heavy atom. The average Bonchev–Trinajstić information content (AvgIpc) is 2.25. The van der Waals surface area contributed by atoms with Gasteiger partial charge in [0.25, 0.3) is 0 Å². The molecule has 0 atom stereocenters. The van der Waals surface area contributed by atoms with Crippen molar-refractivity contribution in [2.45, 2.75) is 6.42 Å². The van der Waals surface area contributed by atoms with Gasteiger partial charge >= 0.3 is 0 Å². The molecule has 0 bridgehead atoms. The largest absolute Gasteiger partial charge is 0.396 e. The van der Waals surface area contributed by atoms with Gasteiger partial charge in [-0.1, -0.05) is 36.4 Å². The van der Waals surface area contributed by atoms with Crippen molar-refractivity contribution >= 4 is 5.69 Å². The van der Waals surface area contributed by atoms with Crippen molar-refractivity contribution in [3.8, 4) is 0 Å². The number of hydrogen-bond donors (Lipinski definition) is 1. The minimum absolute atomic E-state index is 0.201. The van der Waals surface area contributed by atoms with E-state index in [9.17, 15) is 4.39 Å². The molecular weight excluding hydrogens is 189 g/mol. The first-order valence-electron chi connectivity index (χ1n) is 4.83. The second-order valence-corrected chi connectivity index (χ2v) is 3.52. The molecule has 0 aliphatic heterocycles. The van der Waals surface area contributed by atoms with Crippen LogP contribution >= 0.6 is 0 Å². The molecule has 0 aromatic heterocycles. The van der Waals surface area contributed by atoms with E-state index in [4.69, 9.17) is 5.73 Å². The Labute approximate surface area is 88.4 Å². The van der Waals surface area contributed by atoms with Crippen molar-refractivity contribution in [1.82, 2.24) is 0 Å². The van der Waals surface area contributed by atoms with Gasteiger partial charge in [-0.05, 0) is 29.7 Å². The molecule has 2 N–H and O–H groups in total. The van der Waals surface area contributed by atoms with Crippen molar-refractivity contribution in [2.24, 2.45) is 0 Å². The summed E-state index contributed by atoms with van der Waals surface area (Å²) in [6.45, 7) is 0. The lowest BCUT2D eigenvalue weighted by Crippen LogP contribution is -1.93. The summed E-state index contributed by atoms with van der Waals surface area (Å²) in [6.07, 6.45) is 0.734. The molecule has 0 fully saturated rings. The second kappa shape index (κ2) is 4.13. The predicted molar refractivity (Wildman–Crippen MR) is 60.1 cm³/mol. The van der Waals surface area contributed by atoms with Gasteiger partial charge < -0.3 is 5.73 Å². The number of halogens is 1. The number of hydrogen-bond acceptors (Lipinski definition) is 1. The third kappa shape index (κ3) is 2.34. The van der Waals surface area contributed by atoms with Crippen LogP contribution in [0.1, 0.15) is 11.1 Å². The Morgan fingerprint density at radius 1 is 0.933 bits per heavy atom. The lowest BCUT2D eigenvalue weighted by atomic mass is 10.0. The highest BCUT2D eigenvalue weighted by Crippen LogP contribution is 2.15. The molecule has 0 heterocycles. The van der Waals surface area contributed by atoms with E-state index in [-0.39, 0.29) is 11.5 Å². The number of nitrogens with two attached hydrogens (primary N) is 1. The zero-order valence-electron chi connectivity index (χ0n) is 8.28. The fourth-order valence-corrected chi connectivity index (χ4v) is 1.51. The molecule has 15 heavy (non-hydrogen) atoms. The SMILES string of the molecule is Nc1ccc(Cc2ccccc2)cc1F. The number of nitrogen functional groups attached to an aromatic ring is 1. The molecule has 0 amide bonds. The second-order valence-electron chi connectivity index (χ2n) is 3.52. The highest BCUT2D eigenvalue weighted by Gasteiger charge is 2.00. The third-order valence-electron chi connectivity index (χ3n) is 2.32. The minimum atomic E-state index is -0.344. The molecule has 2 aromatic carbocycles. The van der Waals surface area contributed by atoms with E-state index >= 15 is 0 Å². The van der Waals surface area contributed by atoms with Gasteiger partial charge in [0.2, 0.25) is 0 Å². The van der Waals surface area contributed by atoms with Crippen LogP contribution in [-0.2, 0) is 6.42 Å². The Morgan fingerprint density at radius 2 is 1.67 bits per heavy atom. The Balaban J connectivity index is 2.22. The predicted octanol–water partition coefficient (Wildman–Crippen LogP) is 3.00. The van der Waals surface area contributed by atoms with Gasteiger partial charge in [-0.3, -0.25) is 0 Å². The van der Waals surface area contributed by atoms with Crippen molar-refractivity contribution in [1.29, 1.82) is 0 Å². The fourth-order valence-electron chi connectivity index (χ4n) is 1.51. The molecule has 0 aliphatic carbocycles. The Hall–Kier alpha value is -1.83. The molecule has 2 aromatic rings. The molecule has 2 rings (SSSR count). The summed E-state index contributed by atoms with van der Waals surface area (Å²) < 4.78 is 13.2. The quantitative estimate of drug-likeness (QED) is 0.742. The smallest absolute Gasteiger partial charge is 0.146 e. The summed E-state index contributed by atoms with van der Waals surface area (Å²) in [7, 11) is 0. The standard InChI is InChI=1S/C13H12FN/c14-12-9-11(6-7-13(12)15)8-10-4-2-1-3-5-10/h1-7,9H,8,15H2. The van der Waals surface area contributed by atoms with E-state index in [1.165, 1.54) is 11.6 Å². The molecule has 0 saturated carbocycles. The van der Waals surface area contributed by atoms with Crippen LogP contribution in [-0.4, -0.2) is 0 Å². The summed E-state index contributed by atoms with van der Waals surface area (Å²) in [5, 5.41) is 0. The summed E-state index contributed by atoms with van der Waals surface area (Å²) in [4.78, 5) is 0. The van der Waals surface area contributed by atoms with Crippen LogP contribution in [0.25, 0.3) is 0 Å². The molecule has 0 radical (unpaired) electrons. The Kier molecular flexibility index (Phi) is 2.68. The first kappa shape index (κ1) is 9.71. The van der Waals surface area contributed by atoms with Gasteiger partial charge in [0.05, 0.1) is 5.69 Å². The van der Waals surface area contributed by atoms with Crippen LogP contribution in [0.5, 0.6) is 0 Å². The summed E-state index contributed by atoms with van der Waals surface area (Å²) >= 11 is 0. The highest BCUT2D eigenvalue weighted by molar-refractivity contribution is 5.42. The summed E-state index contributed by atoms with van der Waals surface area (Å²) in [5.74, 6) is -0.344. The van der Waals surface area contributed by atoms with Gasteiger partial charge in [0.15, 0.2) is 0 Å². The molecule has 2 heteroatoms. The summed E-state index contributed by atoms with van der Waals surface area (Å²) in [6, 6.07) is 14.9. The molecule has 0 saturated heterocycles. The highest BCUT2D eigenvalue weighted by atomic mass is 19.1. The maximum absolute atomic E-state index is 13.2. The van der Waals surface area contributed by atoms with Gasteiger partial charge in [-0.2, -0.15) is 0 Å². The van der Waals surface area contributed by atoms with Crippen LogP contribution < -0.4 is 5.73 Å². The lowest BCUT2D eigenvalue weighted by Gasteiger charge is -2.03. The van der Waals surface area contributed by atoms with Crippen LogP contribution in [0.15, 0.2) is 48.5 Å². The van der Waals surface area contributed by atoms with E-state index in [0.29, 0.717) is 0 Å². The maximum Gasteiger partial charge on any atom is 0.146 e. The van der Waals surface area contributed by atoms with Crippen molar-refractivity contribution < 1.29 is 4.39 Å². The van der Waals surface area contributed by atoms with E-state index in [1.54, 1.807) is 6.07 Å². The van der Waals surface area contributed by atoms with Crippen LogP contribution in [0.2, 0.25) is 0 Å². The number of anilines is 1. The number of benzene rings is 2. The van der Waals surface area contributed by atoms with E-state index in [1.807, 2.05) is 36.4 Å². The summed E-state index contributed by atoms with van der Waals surface area (Å²) in [5.41, 5.74) is 7.71. The van der Waals surface area contributed by atoms with Crippen LogP contribution in [0.4, 0.5) is 10.1 Å². The van der Waals surface area contributed by atoms with Crippen LogP contribution in [0, 0.1) is 5.82 Å². The molecule has 76 valence electrons. The maximum atomic E-state index is 13.2. The van der Waals surface area contributed by atoms with Gasteiger partial charge in [-0.25, -0.2) is 4.39 Å². The molecule has 0 aliphatic rings. The van der Waals surface area contributed by atoms with Gasteiger partial charge in [-0.15, -0.1) is 0 Å². The Bertz CT molecular complexity index is 451. The number of rotatable bonds is 2. The van der Waals surface area contributed by atoms with Crippen LogP contribution in [0.3, 0.4) is 0 Å². The zero-order chi connectivity index (χ0) is 10.7. The van der Waals surface area contributed by atoms with Crippen molar-refractivity contribution in [2.75, 3.05) is 5.73 Å². The zero-order valence-corrected chi connectivity index (χ0v) is 8.28. The van der Waals surface area contributed by atoms with E-state index in [2.05, 4.69) is 0 Å². The van der Waals surface area contributed by atoms with E-state index in [0.717, 1.165) is 12.0 Å². The average molecular weight is 201 g/mol. The molecule has 1 nitrogen and oxygen atoms in total. The van der Waals surface area contributed by atoms with Crippen molar-refractivity contribution in [3.05, 3.63) is 65.5 Å². The minimum Gasteiger partial charge on any atom is -0.396 e. The molecule has 0 spiro atoms.